The number of hydrogen-bond donors (Lipinski definition) is 0. The Kier molecular flexibility index (Phi) is 4.47. The fourth-order valence-corrected chi connectivity index (χ4v) is 2.66. The highest BCUT2D eigenvalue weighted by Crippen LogP contribution is 2.28. The molecule has 3 heteroatoms. The SMILES string of the molecule is N#CC#N.c1ccc2nc(-c3cccc4ccccc34)ccc2c1. The summed E-state index contributed by atoms with van der Waals surface area (Å²) in [5.41, 5.74) is 3.26. The van der Waals surface area contributed by atoms with E-state index in [1.807, 2.05) is 12.1 Å². The Bertz CT molecular complexity index is 1070. The van der Waals surface area contributed by atoms with Crippen LogP contribution in [0.3, 0.4) is 0 Å². The molecule has 3 aromatic carbocycles. The van der Waals surface area contributed by atoms with Crippen molar-refractivity contribution in [3.05, 3.63) is 78.9 Å². The summed E-state index contributed by atoms with van der Waals surface area (Å²) in [6, 6.07) is 29.7. The van der Waals surface area contributed by atoms with E-state index in [2.05, 4.69) is 66.7 Å². The lowest BCUT2D eigenvalue weighted by molar-refractivity contribution is 1.41. The van der Waals surface area contributed by atoms with Crippen molar-refractivity contribution < 1.29 is 0 Å². The highest BCUT2D eigenvalue weighted by Gasteiger charge is 2.05. The molecule has 0 saturated carbocycles. The molecule has 24 heavy (non-hydrogen) atoms. The zero-order valence-electron chi connectivity index (χ0n) is 12.8. The summed E-state index contributed by atoms with van der Waals surface area (Å²) in [7, 11) is 0. The van der Waals surface area contributed by atoms with Crippen LogP contribution in [0.2, 0.25) is 0 Å². The van der Waals surface area contributed by atoms with Gasteiger partial charge in [0.2, 0.25) is 0 Å². The van der Waals surface area contributed by atoms with E-state index in [-0.39, 0.29) is 0 Å². The molecule has 0 N–H and O–H groups in total. The molecule has 0 bridgehead atoms. The lowest BCUT2D eigenvalue weighted by Crippen LogP contribution is -1.86. The van der Waals surface area contributed by atoms with E-state index in [4.69, 9.17) is 15.5 Å². The van der Waals surface area contributed by atoms with Gasteiger partial charge in [0.15, 0.2) is 12.1 Å². The highest BCUT2D eigenvalue weighted by atomic mass is 14.7. The maximum atomic E-state index is 7.26. The second-order valence-electron chi connectivity index (χ2n) is 5.14. The molecule has 0 saturated heterocycles. The Morgan fingerprint density at radius 1 is 0.625 bits per heavy atom. The van der Waals surface area contributed by atoms with E-state index in [0.29, 0.717) is 0 Å². The maximum Gasteiger partial charge on any atom is 0.181 e. The van der Waals surface area contributed by atoms with Crippen LogP contribution in [0.5, 0.6) is 0 Å². The standard InChI is InChI=1S/C19H13N.C2N2/c1-3-9-16-14(6-1)8-5-10-17(16)19-13-12-15-7-2-4-11-18(15)20-19;3-1-2-4/h1-13H;. The number of nitrogens with zero attached hydrogens (tertiary/aromatic N) is 3. The third-order valence-electron chi connectivity index (χ3n) is 3.71. The van der Waals surface area contributed by atoms with Crippen molar-refractivity contribution in [2.75, 3.05) is 0 Å². The van der Waals surface area contributed by atoms with Gasteiger partial charge in [-0.25, -0.2) is 4.98 Å². The molecule has 0 fully saturated rings. The molecule has 0 amide bonds. The molecule has 0 atom stereocenters. The van der Waals surface area contributed by atoms with Gasteiger partial charge in [-0.05, 0) is 22.9 Å². The number of aromatic nitrogens is 1. The molecule has 4 rings (SSSR count). The second kappa shape index (κ2) is 7.05. The summed E-state index contributed by atoms with van der Waals surface area (Å²) in [4.78, 5) is 4.80. The quantitative estimate of drug-likeness (QED) is 0.492. The van der Waals surface area contributed by atoms with Crippen LogP contribution in [0.25, 0.3) is 32.9 Å². The molecule has 0 unspecified atom stereocenters. The van der Waals surface area contributed by atoms with Crippen LogP contribution in [-0.2, 0) is 0 Å². The molecule has 0 radical (unpaired) electrons. The fraction of sp³-hybridized carbons (Fsp3) is 0. The number of nitriles is 2. The third-order valence-corrected chi connectivity index (χ3v) is 3.71. The van der Waals surface area contributed by atoms with Gasteiger partial charge in [-0.2, -0.15) is 10.5 Å². The minimum atomic E-state index is 1.03. The van der Waals surface area contributed by atoms with Crippen molar-refractivity contribution in [2.24, 2.45) is 0 Å². The second-order valence-corrected chi connectivity index (χ2v) is 5.14. The van der Waals surface area contributed by atoms with Crippen LogP contribution in [-0.4, -0.2) is 4.98 Å². The number of hydrogen-bond acceptors (Lipinski definition) is 3. The predicted octanol–water partition coefficient (Wildman–Crippen LogP) is 5.09. The Morgan fingerprint density at radius 2 is 1.29 bits per heavy atom. The first-order valence-electron chi connectivity index (χ1n) is 7.45. The van der Waals surface area contributed by atoms with Crippen molar-refractivity contribution in [3.8, 4) is 23.4 Å². The summed E-state index contributed by atoms with van der Waals surface area (Å²) >= 11 is 0. The van der Waals surface area contributed by atoms with E-state index in [9.17, 15) is 0 Å². The van der Waals surface area contributed by atoms with E-state index in [1.165, 1.54) is 33.9 Å². The lowest BCUT2D eigenvalue weighted by atomic mass is 10.0. The van der Waals surface area contributed by atoms with Crippen LogP contribution in [0, 0.1) is 22.7 Å². The van der Waals surface area contributed by atoms with Gasteiger partial charge in [-0.15, -0.1) is 0 Å². The largest absolute Gasteiger partial charge is 0.248 e. The van der Waals surface area contributed by atoms with E-state index in [0.717, 1.165) is 11.2 Å². The number of pyridine rings is 1. The zero-order valence-corrected chi connectivity index (χ0v) is 12.8. The predicted molar refractivity (Wildman–Crippen MR) is 95.9 cm³/mol. The van der Waals surface area contributed by atoms with Gasteiger partial charge in [-0.1, -0.05) is 66.7 Å². The summed E-state index contributed by atoms with van der Waals surface area (Å²) < 4.78 is 0. The Morgan fingerprint density at radius 3 is 2.08 bits per heavy atom. The molecule has 1 aromatic heterocycles. The molecular formula is C21H13N3. The van der Waals surface area contributed by atoms with Crippen molar-refractivity contribution in [1.82, 2.24) is 4.98 Å². The monoisotopic (exact) mass is 307 g/mol. The van der Waals surface area contributed by atoms with Gasteiger partial charge in [0.25, 0.3) is 0 Å². The van der Waals surface area contributed by atoms with Gasteiger partial charge in [0.1, 0.15) is 0 Å². The number of benzene rings is 3. The van der Waals surface area contributed by atoms with Gasteiger partial charge < -0.3 is 0 Å². The molecular weight excluding hydrogens is 294 g/mol. The zero-order chi connectivity index (χ0) is 16.8. The van der Waals surface area contributed by atoms with Crippen LogP contribution in [0.15, 0.2) is 78.9 Å². The summed E-state index contributed by atoms with van der Waals surface area (Å²) in [5.74, 6) is 0. The van der Waals surface area contributed by atoms with E-state index in [1.54, 1.807) is 0 Å². The van der Waals surface area contributed by atoms with E-state index >= 15 is 0 Å². The van der Waals surface area contributed by atoms with Crippen molar-refractivity contribution in [2.45, 2.75) is 0 Å². The Labute approximate surface area is 140 Å². The van der Waals surface area contributed by atoms with Crippen LogP contribution in [0.1, 0.15) is 0 Å². The maximum absolute atomic E-state index is 7.26. The summed E-state index contributed by atoms with van der Waals surface area (Å²) in [5, 5.41) is 18.2. The van der Waals surface area contributed by atoms with Crippen LogP contribution in [0.4, 0.5) is 0 Å². The summed E-state index contributed by atoms with van der Waals surface area (Å²) in [6.07, 6.45) is 0. The number of rotatable bonds is 1. The molecule has 112 valence electrons. The minimum absolute atomic E-state index is 1.03. The summed E-state index contributed by atoms with van der Waals surface area (Å²) in [6.45, 7) is 0. The van der Waals surface area contributed by atoms with Gasteiger partial charge in [-0.3, -0.25) is 0 Å². The molecule has 1 heterocycles. The normalized spacial score (nSPS) is 9.58. The smallest absolute Gasteiger partial charge is 0.181 e. The average molecular weight is 307 g/mol. The lowest BCUT2D eigenvalue weighted by Gasteiger charge is -2.07. The van der Waals surface area contributed by atoms with Crippen LogP contribution >= 0.6 is 0 Å². The first-order chi connectivity index (χ1) is 11.8. The van der Waals surface area contributed by atoms with Gasteiger partial charge in [0, 0.05) is 10.9 Å². The Balaban J connectivity index is 0.000000383. The van der Waals surface area contributed by atoms with Gasteiger partial charge >= 0.3 is 0 Å². The fourth-order valence-electron chi connectivity index (χ4n) is 2.66. The highest BCUT2D eigenvalue weighted by molar-refractivity contribution is 5.96. The third kappa shape index (κ3) is 3.06. The molecule has 0 aliphatic carbocycles. The molecule has 0 spiro atoms. The van der Waals surface area contributed by atoms with E-state index < -0.39 is 0 Å². The first kappa shape index (κ1) is 15.2. The first-order valence-corrected chi connectivity index (χ1v) is 7.45. The molecule has 0 aliphatic rings. The Hall–Kier alpha value is -3.69. The van der Waals surface area contributed by atoms with Crippen molar-refractivity contribution in [1.29, 1.82) is 10.5 Å². The van der Waals surface area contributed by atoms with Gasteiger partial charge in [0.05, 0.1) is 11.2 Å². The van der Waals surface area contributed by atoms with Crippen molar-refractivity contribution in [3.63, 3.8) is 0 Å². The average Bonchev–Trinajstić information content (AvgIpc) is 2.67. The minimum Gasteiger partial charge on any atom is -0.248 e. The number of fused-ring (bicyclic) bond motifs is 2. The molecule has 0 aliphatic heterocycles. The van der Waals surface area contributed by atoms with Crippen molar-refractivity contribution >= 4 is 21.7 Å². The number of para-hydroxylation sites is 1. The van der Waals surface area contributed by atoms with Crippen LogP contribution < -0.4 is 0 Å². The topological polar surface area (TPSA) is 60.5 Å². The molecule has 4 aromatic rings. The molecule has 3 nitrogen and oxygen atoms in total.